The van der Waals surface area contributed by atoms with E-state index in [-0.39, 0.29) is 17.5 Å². The van der Waals surface area contributed by atoms with E-state index >= 15 is 0 Å². The van der Waals surface area contributed by atoms with E-state index in [1.54, 1.807) is 0 Å². The molecule has 17 heavy (non-hydrogen) atoms. The van der Waals surface area contributed by atoms with E-state index in [0.29, 0.717) is 0 Å². The third-order valence-corrected chi connectivity index (χ3v) is 4.28. The Morgan fingerprint density at radius 1 is 1.41 bits per heavy atom. The fourth-order valence-electron chi connectivity index (χ4n) is 3.25. The molecule has 2 N–H and O–H groups in total. The third-order valence-electron chi connectivity index (χ3n) is 4.28. The first-order chi connectivity index (χ1) is 8.17. The van der Waals surface area contributed by atoms with E-state index in [1.807, 2.05) is 0 Å². The summed E-state index contributed by atoms with van der Waals surface area (Å²) in [6, 6.07) is -0.484. The quantitative estimate of drug-likeness (QED) is 0.746. The zero-order valence-electron chi connectivity index (χ0n) is 10.6. The van der Waals surface area contributed by atoms with E-state index in [9.17, 15) is 4.79 Å². The lowest BCUT2D eigenvalue weighted by Gasteiger charge is -2.44. The first kappa shape index (κ1) is 12.8. The molecule has 0 amide bonds. The van der Waals surface area contributed by atoms with Crippen LogP contribution in [0.25, 0.3) is 0 Å². The van der Waals surface area contributed by atoms with Crippen LogP contribution < -0.4 is 5.73 Å². The second-order valence-electron chi connectivity index (χ2n) is 5.39. The molecule has 0 aromatic heterocycles. The molecule has 2 unspecified atom stereocenters. The highest BCUT2D eigenvalue weighted by Gasteiger charge is 2.41. The number of carbonyl (C=O) groups excluding carboxylic acids is 1. The van der Waals surface area contributed by atoms with Crippen LogP contribution in [0.5, 0.6) is 0 Å². The lowest BCUT2D eigenvalue weighted by Crippen LogP contribution is -2.49. The van der Waals surface area contributed by atoms with Gasteiger partial charge in [-0.1, -0.05) is 19.3 Å². The predicted octanol–water partition coefficient (Wildman–Crippen LogP) is 1.62. The largest absolute Gasteiger partial charge is 0.468 e. The van der Waals surface area contributed by atoms with Gasteiger partial charge in [0.15, 0.2) is 0 Å². The van der Waals surface area contributed by atoms with Crippen LogP contribution in [0.4, 0.5) is 0 Å². The molecule has 1 aliphatic carbocycles. The van der Waals surface area contributed by atoms with E-state index in [0.717, 1.165) is 32.3 Å². The molecule has 4 heteroatoms. The Labute approximate surface area is 103 Å². The molecular weight excluding hydrogens is 218 g/mol. The molecule has 1 spiro atoms. The lowest BCUT2D eigenvalue weighted by atomic mass is 9.74. The van der Waals surface area contributed by atoms with Crippen molar-refractivity contribution in [1.29, 1.82) is 0 Å². The zero-order valence-corrected chi connectivity index (χ0v) is 10.6. The average molecular weight is 241 g/mol. The minimum Gasteiger partial charge on any atom is -0.468 e. The number of hydrogen-bond donors (Lipinski definition) is 1. The van der Waals surface area contributed by atoms with E-state index in [2.05, 4.69) is 0 Å². The average Bonchev–Trinajstić information content (AvgIpc) is 2.38. The summed E-state index contributed by atoms with van der Waals surface area (Å²) in [7, 11) is 1.40. The van der Waals surface area contributed by atoms with Crippen molar-refractivity contribution in [1.82, 2.24) is 0 Å². The molecule has 98 valence electrons. The number of carbonyl (C=O) groups is 1. The highest BCUT2D eigenvalue weighted by atomic mass is 16.5. The summed E-state index contributed by atoms with van der Waals surface area (Å²) in [5.41, 5.74) is 5.97. The Balaban J connectivity index is 1.98. The maximum absolute atomic E-state index is 11.5. The third kappa shape index (κ3) is 2.80. The van der Waals surface area contributed by atoms with Gasteiger partial charge in [-0.3, -0.25) is 4.79 Å². The summed E-state index contributed by atoms with van der Waals surface area (Å²) in [6.45, 7) is 0.732. The minimum absolute atomic E-state index is 0.00675. The fraction of sp³-hybridized carbons (Fsp3) is 0.923. The Hall–Kier alpha value is -0.610. The monoisotopic (exact) mass is 241 g/mol. The molecule has 2 atom stereocenters. The molecular formula is C13H23NO3. The van der Waals surface area contributed by atoms with Crippen molar-refractivity contribution in [3.05, 3.63) is 0 Å². The van der Waals surface area contributed by atoms with Crippen LogP contribution >= 0.6 is 0 Å². The summed E-state index contributed by atoms with van der Waals surface area (Å²) in [5, 5.41) is 0. The van der Waals surface area contributed by atoms with Gasteiger partial charge in [0.1, 0.15) is 6.04 Å². The van der Waals surface area contributed by atoms with Gasteiger partial charge < -0.3 is 15.2 Å². The van der Waals surface area contributed by atoms with Gasteiger partial charge in [0.05, 0.1) is 12.7 Å². The van der Waals surface area contributed by atoms with E-state index in [1.165, 1.54) is 26.4 Å². The fourth-order valence-corrected chi connectivity index (χ4v) is 3.25. The first-order valence-corrected chi connectivity index (χ1v) is 6.64. The van der Waals surface area contributed by atoms with Crippen molar-refractivity contribution in [2.75, 3.05) is 13.7 Å². The standard InChI is InChI=1S/C13H23NO3/c1-16-12(15)11(14)10-5-8-17-13(9-10)6-3-2-4-7-13/h10-11H,2-9,14H2,1H3. The Kier molecular flexibility index (Phi) is 4.05. The maximum atomic E-state index is 11.5. The van der Waals surface area contributed by atoms with Crippen molar-refractivity contribution in [3.8, 4) is 0 Å². The van der Waals surface area contributed by atoms with Crippen molar-refractivity contribution in [3.63, 3.8) is 0 Å². The van der Waals surface area contributed by atoms with Crippen LogP contribution in [-0.2, 0) is 14.3 Å². The summed E-state index contributed by atoms with van der Waals surface area (Å²) in [6.07, 6.45) is 7.81. The molecule has 1 aliphatic heterocycles. The molecule has 4 nitrogen and oxygen atoms in total. The van der Waals surface area contributed by atoms with Crippen molar-refractivity contribution in [2.24, 2.45) is 11.7 Å². The zero-order chi connectivity index (χ0) is 12.3. The summed E-state index contributed by atoms with van der Waals surface area (Å²) < 4.78 is 10.7. The highest BCUT2D eigenvalue weighted by Crippen LogP contribution is 2.41. The van der Waals surface area contributed by atoms with Crippen molar-refractivity contribution >= 4 is 5.97 Å². The van der Waals surface area contributed by atoms with Crippen LogP contribution in [0, 0.1) is 5.92 Å². The van der Waals surface area contributed by atoms with E-state index < -0.39 is 6.04 Å². The molecule has 2 fully saturated rings. The van der Waals surface area contributed by atoms with Crippen LogP contribution in [0.15, 0.2) is 0 Å². The Morgan fingerprint density at radius 3 is 2.76 bits per heavy atom. The van der Waals surface area contributed by atoms with Crippen LogP contribution in [0.3, 0.4) is 0 Å². The first-order valence-electron chi connectivity index (χ1n) is 6.64. The smallest absolute Gasteiger partial charge is 0.322 e. The Morgan fingerprint density at radius 2 is 2.12 bits per heavy atom. The maximum Gasteiger partial charge on any atom is 0.322 e. The van der Waals surface area contributed by atoms with Crippen molar-refractivity contribution < 1.29 is 14.3 Å². The topological polar surface area (TPSA) is 61.5 Å². The van der Waals surface area contributed by atoms with Crippen molar-refractivity contribution in [2.45, 2.75) is 56.6 Å². The van der Waals surface area contributed by atoms with Crippen LogP contribution in [0.1, 0.15) is 44.9 Å². The molecule has 0 bridgehead atoms. The molecule has 1 saturated carbocycles. The van der Waals surface area contributed by atoms with Gasteiger partial charge in [0.2, 0.25) is 0 Å². The molecule has 0 aromatic rings. The normalized spacial score (nSPS) is 29.9. The van der Waals surface area contributed by atoms with Gasteiger partial charge in [0, 0.05) is 6.61 Å². The van der Waals surface area contributed by atoms with Gasteiger partial charge >= 0.3 is 5.97 Å². The van der Waals surface area contributed by atoms with E-state index in [4.69, 9.17) is 15.2 Å². The number of rotatable bonds is 2. The van der Waals surface area contributed by atoms with Gasteiger partial charge in [-0.15, -0.1) is 0 Å². The number of esters is 1. The number of ether oxygens (including phenoxy) is 2. The molecule has 0 aromatic carbocycles. The summed E-state index contributed by atoms with van der Waals surface area (Å²) >= 11 is 0. The molecule has 1 saturated heterocycles. The second kappa shape index (κ2) is 5.36. The van der Waals surface area contributed by atoms with Gasteiger partial charge in [-0.05, 0) is 31.6 Å². The van der Waals surface area contributed by atoms with Gasteiger partial charge in [0.25, 0.3) is 0 Å². The minimum atomic E-state index is -0.484. The molecule has 2 rings (SSSR count). The number of nitrogens with two attached hydrogens (primary N) is 1. The molecule has 1 heterocycles. The second-order valence-corrected chi connectivity index (χ2v) is 5.39. The van der Waals surface area contributed by atoms with Crippen LogP contribution in [0.2, 0.25) is 0 Å². The summed E-state index contributed by atoms with van der Waals surface area (Å²) in [4.78, 5) is 11.5. The molecule has 0 radical (unpaired) electrons. The van der Waals surface area contributed by atoms with Gasteiger partial charge in [-0.25, -0.2) is 0 Å². The SMILES string of the molecule is COC(=O)C(N)C1CCOC2(CCCCC2)C1. The van der Waals surface area contributed by atoms with Gasteiger partial charge in [-0.2, -0.15) is 0 Å². The molecule has 2 aliphatic rings. The lowest BCUT2D eigenvalue weighted by molar-refractivity contribution is -0.150. The number of methoxy groups -OCH3 is 1. The predicted molar refractivity (Wildman–Crippen MR) is 64.5 cm³/mol. The summed E-state index contributed by atoms with van der Waals surface area (Å²) in [5.74, 6) is -0.0721. The Bertz CT molecular complexity index is 268. The van der Waals surface area contributed by atoms with Crippen LogP contribution in [-0.4, -0.2) is 31.3 Å². The highest BCUT2D eigenvalue weighted by molar-refractivity contribution is 5.75. The number of hydrogen-bond acceptors (Lipinski definition) is 4.